The Labute approximate surface area is 341 Å². The fourth-order valence-corrected chi connectivity index (χ4v) is 11.9. The number of hydrogen-bond acceptors (Lipinski definition) is 6. The summed E-state index contributed by atoms with van der Waals surface area (Å²) in [5.41, 5.74) is 5.65. The molecule has 0 spiro atoms. The normalized spacial score (nSPS) is 16.2. The van der Waals surface area contributed by atoms with Crippen LogP contribution in [-0.2, 0) is 9.05 Å². The summed E-state index contributed by atoms with van der Waals surface area (Å²) < 4.78 is 24.0. The van der Waals surface area contributed by atoms with Gasteiger partial charge in [-0.3, -0.25) is 0 Å². The van der Waals surface area contributed by atoms with Gasteiger partial charge in [-0.2, -0.15) is 0 Å². The van der Waals surface area contributed by atoms with E-state index in [2.05, 4.69) is 181 Å². The van der Waals surface area contributed by atoms with E-state index in [4.69, 9.17) is 29.0 Å². The Hall–Kier alpha value is -5.18. The second-order valence-electron chi connectivity index (χ2n) is 18.3. The van der Waals surface area contributed by atoms with Crippen molar-refractivity contribution in [3.8, 4) is 0 Å². The van der Waals surface area contributed by atoms with E-state index in [1.165, 1.54) is 0 Å². The molecule has 13 heteroatoms. The van der Waals surface area contributed by atoms with E-state index < -0.39 is 32.5 Å². The summed E-state index contributed by atoms with van der Waals surface area (Å²) in [6.07, 6.45) is 0. The molecule has 6 bridgehead atoms. The van der Waals surface area contributed by atoms with Crippen LogP contribution in [0.15, 0.2) is 117 Å². The summed E-state index contributed by atoms with van der Waals surface area (Å²) in [5.74, 6) is 4.53. The zero-order chi connectivity index (χ0) is 39.8. The molecule has 2 radical (unpaired) electrons. The minimum absolute atomic E-state index is 0.0932. The molecule has 284 valence electrons. The third-order valence-corrected chi connectivity index (χ3v) is 23.7. The van der Waals surface area contributed by atoms with Crippen molar-refractivity contribution in [2.24, 2.45) is 20.0 Å². The number of amidine groups is 4. The molecule has 4 aliphatic heterocycles. The van der Waals surface area contributed by atoms with Crippen LogP contribution in [0, 0.1) is 0 Å². The van der Waals surface area contributed by atoms with Crippen molar-refractivity contribution in [3.05, 3.63) is 130 Å². The van der Waals surface area contributed by atoms with Gasteiger partial charge < -0.3 is 0 Å². The van der Waals surface area contributed by atoms with Crippen molar-refractivity contribution >= 4 is 89.0 Å². The molecular formula is C44H46GeN8O2Si2+2. The van der Waals surface area contributed by atoms with Gasteiger partial charge in [-0.1, -0.05) is 0 Å². The molecule has 2 aromatic heterocycles. The molecule has 6 aromatic rings. The predicted octanol–water partition coefficient (Wildman–Crippen LogP) is 8.23. The van der Waals surface area contributed by atoms with Crippen molar-refractivity contribution in [1.29, 1.82) is 0 Å². The summed E-state index contributed by atoms with van der Waals surface area (Å²) in [6.45, 7) is 22.9. The Bertz CT molecular complexity index is 3030. The van der Waals surface area contributed by atoms with Crippen LogP contribution >= 0.6 is 0 Å². The van der Waals surface area contributed by atoms with Crippen LogP contribution in [0.3, 0.4) is 0 Å². The molecule has 0 amide bonds. The van der Waals surface area contributed by atoms with E-state index in [1.807, 2.05) is 0 Å². The molecule has 4 aromatic carbocycles. The Morgan fingerprint density at radius 2 is 1.04 bits per heavy atom. The van der Waals surface area contributed by atoms with Crippen molar-refractivity contribution in [1.82, 2.24) is 11.8 Å². The molecule has 6 heterocycles. The molecule has 0 fully saturated rings. The Balaban J connectivity index is 1.47. The number of aliphatic imine (C=N–C) groups is 3. The maximum absolute atomic E-state index is 7.52. The molecule has 4 aliphatic rings. The van der Waals surface area contributed by atoms with Crippen LogP contribution in [0.4, 0.5) is 11.6 Å². The fraction of sp³-hybridized carbons (Fsp3) is 0.273. The van der Waals surface area contributed by atoms with Gasteiger partial charge >= 0.3 is 343 Å². The second kappa shape index (κ2) is 12.2. The average Bonchev–Trinajstić information content (AvgIpc) is 3.88. The van der Waals surface area contributed by atoms with Crippen LogP contribution in [0.2, 0.25) is 36.3 Å². The van der Waals surface area contributed by atoms with Gasteiger partial charge in [0.05, 0.1) is 0 Å². The standard InChI is InChI=1S/C44H46GeN8O2Si2/c1-43(2,3)56(7,8)54-52-39-29-21-13-11-19-27(29)35(48-39)46-38-32-24-16-18-26-34(32)42-51(38)45-50-37(31-23-15-17-25-33(31)41(50)52)47-36-28-20-12-14-22-30(28)40(49-36)53(42)55-57(9,10)44(4,5)6/h11-26H,1-10H3/q+2. The fourth-order valence-electron chi connectivity index (χ4n) is 7.31. The van der Waals surface area contributed by atoms with E-state index >= 15 is 0 Å². The zero-order valence-corrected chi connectivity index (χ0v) is 38.2. The van der Waals surface area contributed by atoms with Gasteiger partial charge in [0, 0.05) is 0 Å². The minimum atomic E-state index is -2.49. The van der Waals surface area contributed by atoms with Crippen molar-refractivity contribution < 1.29 is 13.8 Å². The van der Waals surface area contributed by atoms with Crippen LogP contribution in [0.5, 0.6) is 0 Å². The van der Waals surface area contributed by atoms with Gasteiger partial charge in [0.1, 0.15) is 0 Å². The topological polar surface area (TPSA) is 83.8 Å². The monoisotopic (exact) mass is 848 g/mol. The Kier molecular flexibility index (Phi) is 7.72. The van der Waals surface area contributed by atoms with Crippen molar-refractivity contribution in [2.75, 3.05) is 0 Å². The average molecular weight is 848 g/mol. The SMILES string of the molecule is CC(C)(C)[Si](C)(C)O[N+]1=C2N=C(N=c3c4ccccc4c4[n]3[Ge][n]3c(c5ccccc5c31)N=C1N=C(c3ccccc31)[N+]=4O[Si](C)(C)C(C)(C)C)c1ccccc12. The predicted molar refractivity (Wildman–Crippen MR) is 235 cm³/mol. The van der Waals surface area contributed by atoms with Gasteiger partial charge in [-0.15, -0.1) is 0 Å². The number of benzene rings is 4. The second-order valence-corrected chi connectivity index (χ2v) is 30.0. The third-order valence-electron chi connectivity index (χ3n) is 12.6. The van der Waals surface area contributed by atoms with Crippen molar-refractivity contribution in [3.63, 3.8) is 0 Å². The quantitative estimate of drug-likeness (QED) is 0.132. The molecule has 0 N–H and O–H groups in total. The summed E-state index contributed by atoms with van der Waals surface area (Å²) in [4.78, 5) is 22.1. The number of hydroxylamine groups is 1. The van der Waals surface area contributed by atoms with Crippen LogP contribution in [0.1, 0.15) is 63.8 Å². The van der Waals surface area contributed by atoms with E-state index in [1.54, 1.807) is 0 Å². The van der Waals surface area contributed by atoms with Gasteiger partial charge in [0.25, 0.3) is 0 Å². The Morgan fingerprint density at radius 3 is 1.68 bits per heavy atom. The number of aromatic nitrogens is 2. The first kappa shape index (κ1) is 36.2. The molecule has 0 unspecified atom stereocenters. The first-order chi connectivity index (χ1) is 27.0. The maximum atomic E-state index is 7.52. The van der Waals surface area contributed by atoms with Gasteiger partial charge in [-0.05, 0) is 0 Å². The molecule has 0 saturated heterocycles. The van der Waals surface area contributed by atoms with Gasteiger partial charge in [-0.25, -0.2) is 0 Å². The van der Waals surface area contributed by atoms with Gasteiger partial charge in [0.2, 0.25) is 0 Å². The summed E-state index contributed by atoms with van der Waals surface area (Å²) in [6, 6.07) is 34.0. The molecule has 0 atom stereocenters. The summed E-state index contributed by atoms with van der Waals surface area (Å²) >= 11 is -1.41. The molecule has 10 nitrogen and oxygen atoms in total. The van der Waals surface area contributed by atoms with E-state index in [0.29, 0.717) is 11.7 Å². The molecule has 57 heavy (non-hydrogen) atoms. The van der Waals surface area contributed by atoms with Crippen molar-refractivity contribution in [2.45, 2.75) is 77.8 Å². The number of hydrogen-bond donors (Lipinski definition) is 0. The van der Waals surface area contributed by atoms with Crippen LogP contribution in [0.25, 0.3) is 21.5 Å². The number of rotatable bonds is 4. The summed E-state index contributed by atoms with van der Waals surface area (Å²) in [5, 5.41) is 3.93. The number of nitrogens with zero attached hydrogens (tertiary/aromatic N) is 8. The summed E-state index contributed by atoms with van der Waals surface area (Å²) in [7, 11) is -4.98. The van der Waals surface area contributed by atoms with Crippen LogP contribution in [-0.4, -0.2) is 67.6 Å². The van der Waals surface area contributed by atoms with Crippen LogP contribution < -0.4 is 15.7 Å². The first-order valence-electron chi connectivity index (χ1n) is 19.6. The van der Waals surface area contributed by atoms with E-state index in [0.717, 1.165) is 78.1 Å². The van der Waals surface area contributed by atoms with Gasteiger partial charge in [0.15, 0.2) is 0 Å². The molecule has 0 saturated carbocycles. The Morgan fingerprint density at radius 1 is 0.526 bits per heavy atom. The molecular weight excluding hydrogens is 801 g/mol. The molecule has 10 rings (SSSR count). The van der Waals surface area contributed by atoms with E-state index in [-0.39, 0.29) is 10.1 Å². The van der Waals surface area contributed by atoms with E-state index in [9.17, 15) is 0 Å². The number of fused-ring (bicyclic) bond motifs is 14. The zero-order valence-electron chi connectivity index (χ0n) is 34.1. The molecule has 0 aliphatic carbocycles. The first-order valence-corrected chi connectivity index (χ1v) is 27.3. The third kappa shape index (κ3) is 5.32.